The molecule has 0 aliphatic heterocycles. The van der Waals surface area contributed by atoms with Gasteiger partial charge in [-0.25, -0.2) is 0 Å². The van der Waals surface area contributed by atoms with E-state index in [1.54, 1.807) is 11.3 Å². The van der Waals surface area contributed by atoms with Gasteiger partial charge in [0.05, 0.1) is 5.02 Å². The molecule has 0 aliphatic rings. The normalized spacial score (nSPS) is 9.67. The van der Waals surface area contributed by atoms with E-state index in [1.807, 2.05) is 30.4 Å². The number of halogens is 1. The van der Waals surface area contributed by atoms with Crippen LogP contribution in [0.1, 0.15) is 0 Å². The Bertz CT molecular complexity index is 195. The lowest BCUT2D eigenvalue weighted by Crippen LogP contribution is -2.06. The van der Waals surface area contributed by atoms with Crippen molar-refractivity contribution in [2.75, 3.05) is 19.0 Å². The van der Waals surface area contributed by atoms with E-state index in [4.69, 9.17) is 11.6 Å². The number of rotatable bonds is 1. The van der Waals surface area contributed by atoms with Gasteiger partial charge >= 0.3 is 0 Å². The van der Waals surface area contributed by atoms with Crippen LogP contribution in [0.15, 0.2) is 11.4 Å². The van der Waals surface area contributed by atoms with Gasteiger partial charge in [0.15, 0.2) is 0 Å². The second kappa shape index (κ2) is 2.58. The number of anilines is 1. The summed E-state index contributed by atoms with van der Waals surface area (Å²) in [6.07, 6.45) is 0. The number of hydrogen-bond donors (Lipinski definition) is 0. The average molecular weight is 162 g/mol. The van der Waals surface area contributed by atoms with Crippen molar-refractivity contribution in [3.8, 4) is 0 Å². The summed E-state index contributed by atoms with van der Waals surface area (Å²) in [6, 6.07) is 1.90. The molecule has 1 rings (SSSR count). The van der Waals surface area contributed by atoms with Crippen LogP contribution in [0.2, 0.25) is 5.02 Å². The van der Waals surface area contributed by atoms with Crippen LogP contribution in [-0.2, 0) is 0 Å². The quantitative estimate of drug-likeness (QED) is 0.612. The number of thiophene rings is 1. The van der Waals surface area contributed by atoms with Gasteiger partial charge in [-0.15, -0.1) is 11.3 Å². The molecule has 1 aromatic rings. The molecule has 0 radical (unpaired) electrons. The molecule has 0 saturated heterocycles. The van der Waals surface area contributed by atoms with E-state index in [-0.39, 0.29) is 0 Å². The first-order chi connectivity index (χ1) is 4.22. The first-order valence-electron chi connectivity index (χ1n) is 2.62. The lowest BCUT2D eigenvalue weighted by Gasteiger charge is -2.08. The third kappa shape index (κ3) is 1.37. The van der Waals surface area contributed by atoms with Crippen LogP contribution >= 0.6 is 22.9 Å². The zero-order valence-corrected chi connectivity index (χ0v) is 6.96. The molecule has 0 fully saturated rings. The zero-order valence-electron chi connectivity index (χ0n) is 5.39. The Morgan fingerprint density at radius 3 is 2.44 bits per heavy atom. The Kier molecular flexibility index (Phi) is 1.98. The molecule has 9 heavy (non-hydrogen) atoms. The molecule has 0 atom stereocenters. The summed E-state index contributed by atoms with van der Waals surface area (Å²) < 4.78 is 0. The third-order valence-corrected chi connectivity index (χ3v) is 2.50. The van der Waals surface area contributed by atoms with Crippen molar-refractivity contribution in [3.63, 3.8) is 0 Å². The molecule has 50 valence electrons. The summed E-state index contributed by atoms with van der Waals surface area (Å²) >= 11 is 7.46. The smallest absolute Gasteiger partial charge is 0.109 e. The molecular weight excluding hydrogens is 154 g/mol. The highest BCUT2D eigenvalue weighted by atomic mass is 35.5. The van der Waals surface area contributed by atoms with Crippen LogP contribution in [0.25, 0.3) is 0 Å². The van der Waals surface area contributed by atoms with Gasteiger partial charge in [-0.3, -0.25) is 0 Å². The van der Waals surface area contributed by atoms with Crippen molar-refractivity contribution in [2.45, 2.75) is 0 Å². The highest BCUT2D eigenvalue weighted by molar-refractivity contribution is 7.14. The predicted octanol–water partition coefficient (Wildman–Crippen LogP) is 2.47. The fourth-order valence-corrected chi connectivity index (χ4v) is 1.77. The van der Waals surface area contributed by atoms with E-state index in [0.717, 1.165) is 10.0 Å². The van der Waals surface area contributed by atoms with Crippen LogP contribution in [0, 0.1) is 0 Å². The van der Waals surface area contributed by atoms with E-state index < -0.39 is 0 Å². The minimum Gasteiger partial charge on any atom is -0.368 e. The minimum atomic E-state index is 0.838. The third-order valence-electron chi connectivity index (χ3n) is 1.00. The second-order valence-corrected chi connectivity index (χ2v) is 3.27. The van der Waals surface area contributed by atoms with Crippen molar-refractivity contribution in [2.24, 2.45) is 0 Å². The lowest BCUT2D eigenvalue weighted by molar-refractivity contribution is 1.16. The first-order valence-corrected chi connectivity index (χ1v) is 3.88. The maximum atomic E-state index is 5.80. The fraction of sp³-hybridized carbons (Fsp3) is 0.333. The molecule has 0 aromatic carbocycles. The van der Waals surface area contributed by atoms with E-state index in [0.29, 0.717) is 0 Å². The van der Waals surface area contributed by atoms with Crippen LogP contribution in [0.3, 0.4) is 0 Å². The summed E-state index contributed by atoms with van der Waals surface area (Å²) in [5.74, 6) is 0. The standard InChI is InChI=1S/C6H8ClNS/c1-8(2)6-5(7)3-4-9-6/h3-4H,1-2H3. The predicted molar refractivity (Wildman–Crippen MR) is 43.7 cm³/mol. The Morgan fingerprint density at radius 1 is 1.56 bits per heavy atom. The molecule has 0 spiro atoms. The van der Waals surface area contributed by atoms with Gasteiger partial charge in [0.25, 0.3) is 0 Å². The molecule has 0 unspecified atom stereocenters. The molecular formula is C6H8ClNS. The molecule has 0 aliphatic carbocycles. The van der Waals surface area contributed by atoms with Crippen molar-refractivity contribution in [1.29, 1.82) is 0 Å². The summed E-state index contributed by atoms with van der Waals surface area (Å²) in [5.41, 5.74) is 0. The highest BCUT2D eigenvalue weighted by Crippen LogP contribution is 2.29. The molecule has 0 bridgehead atoms. The van der Waals surface area contributed by atoms with Crippen molar-refractivity contribution in [3.05, 3.63) is 16.5 Å². The lowest BCUT2D eigenvalue weighted by atomic mass is 10.6. The molecule has 0 amide bonds. The van der Waals surface area contributed by atoms with Gasteiger partial charge in [0.2, 0.25) is 0 Å². The van der Waals surface area contributed by atoms with E-state index in [9.17, 15) is 0 Å². The van der Waals surface area contributed by atoms with E-state index >= 15 is 0 Å². The van der Waals surface area contributed by atoms with Gasteiger partial charge in [0, 0.05) is 14.1 Å². The van der Waals surface area contributed by atoms with Crippen molar-refractivity contribution < 1.29 is 0 Å². The first kappa shape index (κ1) is 6.90. The summed E-state index contributed by atoms with van der Waals surface area (Å²) in [7, 11) is 3.97. The largest absolute Gasteiger partial charge is 0.368 e. The van der Waals surface area contributed by atoms with Gasteiger partial charge in [0.1, 0.15) is 5.00 Å². The zero-order chi connectivity index (χ0) is 6.85. The Morgan fingerprint density at radius 2 is 2.22 bits per heavy atom. The van der Waals surface area contributed by atoms with Gasteiger partial charge < -0.3 is 4.90 Å². The minimum absolute atomic E-state index is 0.838. The summed E-state index contributed by atoms with van der Waals surface area (Å²) in [4.78, 5) is 2.01. The Balaban J connectivity index is 2.94. The van der Waals surface area contributed by atoms with E-state index in [2.05, 4.69) is 0 Å². The van der Waals surface area contributed by atoms with Gasteiger partial charge in [-0.05, 0) is 11.4 Å². The van der Waals surface area contributed by atoms with Crippen LogP contribution in [0.5, 0.6) is 0 Å². The van der Waals surface area contributed by atoms with Crippen molar-refractivity contribution >= 4 is 27.9 Å². The summed E-state index contributed by atoms with van der Waals surface area (Å²) in [5, 5.41) is 3.94. The molecule has 0 N–H and O–H groups in total. The molecule has 1 nitrogen and oxygen atoms in total. The molecule has 0 saturated carbocycles. The number of nitrogens with zero attached hydrogens (tertiary/aromatic N) is 1. The molecule has 1 heterocycles. The SMILES string of the molecule is CN(C)c1sccc1Cl. The Labute approximate surface area is 63.9 Å². The average Bonchev–Trinajstić information content (AvgIpc) is 2.13. The van der Waals surface area contributed by atoms with Gasteiger partial charge in [-0.2, -0.15) is 0 Å². The maximum Gasteiger partial charge on any atom is 0.109 e. The van der Waals surface area contributed by atoms with Gasteiger partial charge in [-0.1, -0.05) is 11.6 Å². The topological polar surface area (TPSA) is 3.24 Å². The van der Waals surface area contributed by atoms with Crippen LogP contribution in [-0.4, -0.2) is 14.1 Å². The van der Waals surface area contributed by atoms with E-state index in [1.165, 1.54) is 0 Å². The fourth-order valence-electron chi connectivity index (χ4n) is 0.605. The number of hydrogen-bond acceptors (Lipinski definition) is 2. The van der Waals surface area contributed by atoms with Crippen LogP contribution in [0.4, 0.5) is 5.00 Å². The summed E-state index contributed by atoms with van der Waals surface area (Å²) in [6.45, 7) is 0. The second-order valence-electron chi connectivity index (χ2n) is 1.97. The highest BCUT2D eigenvalue weighted by Gasteiger charge is 2.00. The monoisotopic (exact) mass is 161 g/mol. The van der Waals surface area contributed by atoms with Crippen LogP contribution < -0.4 is 4.90 Å². The Hall–Kier alpha value is -0.210. The van der Waals surface area contributed by atoms with Crippen molar-refractivity contribution in [1.82, 2.24) is 0 Å². The maximum absolute atomic E-state index is 5.80. The molecule has 3 heteroatoms. The molecule has 1 aromatic heterocycles.